The monoisotopic (exact) mass is 412 g/mol. The minimum atomic E-state index is -0.744. The third kappa shape index (κ3) is 11.1. The van der Waals surface area contributed by atoms with Gasteiger partial charge in [-0.05, 0) is 57.1 Å². The molecule has 0 spiro atoms. The van der Waals surface area contributed by atoms with Gasteiger partial charge in [-0.3, -0.25) is 9.59 Å². The lowest BCUT2D eigenvalue weighted by molar-refractivity contribution is -0.119. The zero-order valence-electron chi connectivity index (χ0n) is 18.1. The van der Waals surface area contributed by atoms with Crippen LogP contribution in [0, 0.1) is 0 Å². The summed E-state index contributed by atoms with van der Waals surface area (Å²) in [7, 11) is 0. The average molecular weight is 413 g/mol. The van der Waals surface area contributed by atoms with Gasteiger partial charge in [0, 0.05) is 12.1 Å². The molecular formula is C23H38F2N2O2. The normalized spacial score (nSPS) is 20.0. The standard InChI is InChI=1S/C23H38F2N2O2/c1-3-5-7-9-11-13-20(24)22(28)26-18-15-16-19(17-18)27-23(29)21(25)14-12-10-8-6-4-2/h13-14,18-19H,3-12,15-17H2,1-2H3,(H,26,28)(H,27,29)/b20-13+,21-14+/t18-,19+. The fourth-order valence-corrected chi connectivity index (χ4v) is 3.54. The highest BCUT2D eigenvalue weighted by Gasteiger charge is 2.28. The van der Waals surface area contributed by atoms with Crippen LogP contribution in [0.5, 0.6) is 0 Å². The molecule has 0 radical (unpaired) electrons. The molecule has 1 rings (SSSR count). The third-order valence-corrected chi connectivity index (χ3v) is 5.30. The van der Waals surface area contributed by atoms with Crippen LogP contribution in [0.25, 0.3) is 0 Å². The highest BCUT2D eigenvalue weighted by molar-refractivity contribution is 5.92. The van der Waals surface area contributed by atoms with Crippen LogP contribution in [0.2, 0.25) is 0 Å². The largest absolute Gasteiger partial charge is 0.347 e. The first-order valence-electron chi connectivity index (χ1n) is 11.3. The molecule has 6 heteroatoms. The van der Waals surface area contributed by atoms with Crippen molar-refractivity contribution >= 4 is 11.8 Å². The smallest absolute Gasteiger partial charge is 0.279 e. The van der Waals surface area contributed by atoms with Crippen LogP contribution < -0.4 is 10.6 Å². The van der Waals surface area contributed by atoms with E-state index in [0.29, 0.717) is 32.1 Å². The number of carbonyl (C=O) groups excluding carboxylic acids is 2. The Balaban J connectivity index is 2.30. The van der Waals surface area contributed by atoms with Gasteiger partial charge in [-0.25, -0.2) is 8.78 Å². The first-order valence-corrected chi connectivity index (χ1v) is 11.3. The van der Waals surface area contributed by atoms with Crippen molar-refractivity contribution in [2.45, 2.75) is 109 Å². The first kappa shape index (κ1) is 25.3. The molecule has 2 N–H and O–H groups in total. The number of allylic oxidation sites excluding steroid dienone is 2. The van der Waals surface area contributed by atoms with Crippen molar-refractivity contribution in [2.24, 2.45) is 0 Å². The van der Waals surface area contributed by atoms with Gasteiger partial charge >= 0.3 is 0 Å². The molecule has 0 aromatic heterocycles. The molecule has 2 amide bonds. The SMILES string of the molecule is CCCCCC/C=C(/F)C(=O)N[C@@H]1CC[C@H](NC(=O)/C(F)=C\CCCCCC)C1. The van der Waals surface area contributed by atoms with Crippen LogP contribution >= 0.6 is 0 Å². The van der Waals surface area contributed by atoms with Crippen molar-refractivity contribution in [1.29, 1.82) is 0 Å². The molecule has 1 aliphatic carbocycles. The fraction of sp³-hybridized carbons (Fsp3) is 0.739. The maximum Gasteiger partial charge on any atom is 0.279 e. The van der Waals surface area contributed by atoms with Gasteiger partial charge in [-0.2, -0.15) is 0 Å². The van der Waals surface area contributed by atoms with Gasteiger partial charge in [0.25, 0.3) is 11.8 Å². The van der Waals surface area contributed by atoms with Crippen molar-refractivity contribution in [2.75, 3.05) is 0 Å². The molecule has 0 saturated heterocycles. The van der Waals surface area contributed by atoms with E-state index >= 15 is 0 Å². The molecule has 0 heterocycles. The summed E-state index contributed by atoms with van der Waals surface area (Å²) in [5, 5.41) is 5.35. The van der Waals surface area contributed by atoms with E-state index in [0.717, 1.165) is 51.4 Å². The van der Waals surface area contributed by atoms with Crippen LogP contribution in [0.15, 0.2) is 23.8 Å². The topological polar surface area (TPSA) is 58.2 Å². The highest BCUT2D eigenvalue weighted by Crippen LogP contribution is 2.20. The number of amides is 2. The Kier molecular flexibility index (Phi) is 13.2. The predicted molar refractivity (Wildman–Crippen MR) is 114 cm³/mol. The van der Waals surface area contributed by atoms with Crippen LogP contribution in [-0.2, 0) is 9.59 Å². The first-order chi connectivity index (χ1) is 14.0. The van der Waals surface area contributed by atoms with Gasteiger partial charge < -0.3 is 10.6 Å². The van der Waals surface area contributed by atoms with Gasteiger partial charge in [-0.15, -0.1) is 0 Å². The molecular weight excluding hydrogens is 374 g/mol. The van der Waals surface area contributed by atoms with Crippen molar-refractivity contribution in [3.05, 3.63) is 23.8 Å². The Morgan fingerprint density at radius 3 is 1.55 bits per heavy atom. The highest BCUT2D eigenvalue weighted by atomic mass is 19.1. The Hall–Kier alpha value is -1.72. The lowest BCUT2D eigenvalue weighted by Gasteiger charge is -2.14. The fourth-order valence-electron chi connectivity index (χ4n) is 3.54. The minimum Gasteiger partial charge on any atom is -0.347 e. The number of rotatable bonds is 14. The Bertz CT molecular complexity index is 513. The van der Waals surface area contributed by atoms with Gasteiger partial charge in [0.15, 0.2) is 11.7 Å². The van der Waals surface area contributed by atoms with Gasteiger partial charge in [0.05, 0.1) is 0 Å². The second-order valence-electron chi connectivity index (χ2n) is 7.96. The van der Waals surface area contributed by atoms with E-state index in [2.05, 4.69) is 24.5 Å². The number of hydrogen-bond donors (Lipinski definition) is 2. The Morgan fingerprint density at radius 1 is 0.759 bits per heavy atom. The zero-order valence-corrected chi connectivity index (χ0v) is 18.1. The number of unbranched alkanes of at least 4 members (excludes halogenated alkanes) is 8. The summed E-state index contributed by atoms with van der Waals surface area (Å²) < 4.78 is 27.8. The molecule has 0 aromatic carbocycles. The number of nitrogens with one attached hydrogen (secondary N) is 2. The molecule has 0 bridgehead atoms. The number of halogens is 2. The lowest BCUT2D eigenvalue weighted by Crippen LogP contribution is -2.37. The molecule has 4 nitrogen and oxygen atoms in total. The van der Waals surface area contributed by atoms with E-state index < -0.39 is 23.5 Å². The van der Waals surface area contributed by atoms with Crippen molar-refractivity contribution in [3.8, 4) is 0 Å². The molecule has 0 aromatic rings. The number of hydrogen-bond acceptors (Lipinski definition) is 2. The quantitative estimate of drug-likeness (QED) is 0.280. The average Bonchev–Trinajstić information content (AvgIpc) is 3.13. The van der Waals surface area contributed by atoms with E-state index in [-0.39, 0.29) is 12.1 Å². The van der Waals surface area contributed by atoms with Gasteiger partial charge in [0.2, 0.25) is 0 Å². The summed E-state index contributed by atoms with van der Waals surface area (Å²) in [6.45, 7) is 4.22. The van der Waals surface area contributed by atoms with Gasteiger partial charge in [0.1, 0.15) is 0 Å². The minimum absolute atomic E-state index is 0.201. The molecule has 1 saturated carbocycles. The summed E-state index contributed by atoms with van der Waals surface area (Å²) in [6, 6.07) is -0.402. The summed E-state index contributed by atoms with van der Waals surface area (Å²) in [4.78, 5) is 23.9. The molecule has 2 atom stereocenters. The van der Waals surface area contributed by atoms with Crippen molar-refractivity contribution in [1.82, 2.24) is 10.6 Å². The molecule has 0 unspecified atom stereocenters. The van der Waals surface area contributed by atoms with Gasteiger partial charge in [-0.1, -0.05) is 52.4 Å². The van der Waals surface area contributed by atoms with E-state index in [1.54, 1.807) is 0 Å². The van der Waals surface area contributed by atoms with E-state index in [4.69, 9.17) is 0 Å². The second-order valence-corrected chi connectivity index (χ2v) is 7.96. The maximum atomic E-state index is 13.9. The summed E-state index contributed by atoms with van der Waals surface area (Å²) in [5.74, 6) is -2.89. The van der Waals surface area contributed by atoms with Crippen molar-refractivity contribution in [3.63, 3.8) is 0 Å². The van der Waals surface area contributed by atoms with E-state index in [1.165, 1.54) is 12.2 Å². The Labute approximate surface area is 174 Å². The zero-order chi connectivity index (χ0) is 21.5. The molecule has 29 heavy (non-hydrogen) atoms. The third-order valence-electron chi connectivity index (χ3n) is 5.30. The predicted octanol–water partition coefficient (Wildman–Crippen LogP) is 5.79. The maximum absolute atomic E-state index is 13.9. The van der Waals surface area contributed by atoms with Crippen LogP contribution in [0.3, 0.4) is 0 Å². The lowest BCUT2D eigenvalue weighted by atomic mass is 10.1. The molecule has 0 aliphatic heterocycles. The molecule has 1 aliphatic rings. The van der Waals surface area contributed by atoms with E-state index in [9.17, 15) is 18.4 Å². The van der Waals surface area contributed by atoms with Crippen molar-refractivity contribution < 1.29 is 18.4 Å². The Morgan fingerprint density at radius 2 is 1.17 bits per heavy atom. The van der Waals surface area contributed by atoms with Crippen LogP contribution in [0.4, 0.5) is 8.78 Å². The molecule has 1 fully saturated rings. The summed E-state index contributed by atoms with van der Waals surface area (Å²) in [6.07, 6.45) is 13.9. The summed E-state index contributed by atoms with van der Waals surface area (Å²) in [5.41, 5.74) is 0. The molecule has 166 valence electrons. The summed E-state index contributed by atoms with van der Waals surface area (Å²) >= 11 is 0. The second kappa shape index (κ2) is 15.2. The van der Waals surface area contributed by atoms with E-state index in [1.807, 2.05) is 0 Å². The van der Waals surface area contributed by atoms with Crippen LogP contribution in [-0.4, -0.2) is 23.9 Å². The number of carbonyl (C=O) groups is 2. The van der Waals surface area contributed by atoms with Crippen LogP contribution in [0.1, 0.15) is 97.3 Å².